The second kappa shape index (κ2) is 7.26. The minimum Gasteiger partial charge on any atom is -0.355 e. The quantitative estimate of drug-likeness (QED) is 0.826. The number of anilines is 2. The maximum absolute atomic E-state index is 12.3. The summed E-state index contributed by atoms with van der Waals surface area (Å²) in [5.41, 5.74) is 1.96. The van der Waals surface area contributed by atoms with E-state index in [-0.39, 0.29) is 5.91 Å². The third kappa shape index (κ3) is 4.21. The van der Waals surface area contributed by atoms with E-state index in [4.69, 9.17) is 0 Å². The minimum atomic E-state index is -2.43. The Labute approximate surface area is 132 Å². The lowest BCUT2D eigenvalue weighted by Crippen LogP contribution is -2.22. The molecule has 6 heteroatoms. The van der Waals surface area contributed by atoms with Gasteiger partial charge in [0.1, 0.15) is 0 Å². The first-order valence-electron chi connectivity index (χ1n) is 6.60. The number of rotatable bonds is 5. The van der Waals surface area contributed by atoms with Gasteiger partial charge in [0, 0.05) is 24.7 Å². The summed E-state index contributed by atoms with van der Waals surface area (Å²) in [5, 5.41) is 3.14. The van der Waals surface area contributed by atoms with Crippen molar-refractivity contribution < 1.29 is 13.6 Å². The van der Waals surface area contributed by atoms with Crippen LogP contribution >= 0.6 is 11.8 Å². The second-order valence-electron chi connectivity index (χ2n) is 4.77. The number of benzene rings is 2. The van der Waals surface area contributed by atoms with Gasteiger partial charge in [0.2, 0.25) is 0 Å². The van der Waals surface area contributed by atoms with Crippen LogP contribution in [0.5, 0.6) is 0 Å². The summed E-state index contributed by atoms with van der Waals surface area (Å²) in [5.74, 6) is -2.54. The van der Waals surface area contributed by atoms with Crippen LogP contribution in [0.2, 0.25) is 0 Å². The third-order valence-electron chi connectivity index (χ3n) is 2.92. The van der Waals surface area contributed by atoms with Gasteiger partial charge in [-0.15, -0.1) is 0 Å². The molecular weight excluding hydrogens is 306 g/mol. The van der Waals surface area contributed by atoms with Crippen LogP contribution in [-0.2, 0) is 0 Å². The first-order valence-corrected chi connectivity index (χ1v) is 7.48. The van der Waals surface area contributed by atoms with E-state index in [9.17, 15) is 13.6 Å². The van der Waals surface area contributed by atoms with Gasteiger partial charge in [-0.05, 0) is 36.4 Å². The molecule has 0 aromatic heterocycles. The molecule has 1 amide bonds. The molecule has 0 saturated carbocycles. The highest BCUT2D eigenvalue weighted by Gasteiger charge is 2.13. The molecule has 0 saturated heterocycles. The molecule has 0 radical (unpaired) electrons. The van der Waals surface area contributed by atoms with E-state index in [0.29, 0.717) is 27.9 Å². The number of nitrogens with zero attached hydrogens (tertiary/aromatic N) is 1. The summed E-state index contributed by atoms with van der Waals surface area (Å²) in [6.07, 6.45) is 0. The van der Waals surface area contributed by atoms with Crippen LogP contribution in [0.25, 0.3) is 0 Å². The first kappa shape index (κ1) is 16.3. The fraction of sp³-hybridized carbons (Fsp3) is 0.188. The van der Waals surface area contributed by atoms with Crippen LogP contribution in [0.1, 0.15) is 10.4 Å². The lowest BCUT2D eigenvalue weighted by molar-refractivity contribution is 0.0828. The average Bonchev–Trinajstić information content (AvgIpc) is 2.48. The van der Waals surface area contributed by atoms with Crippen LogP contribution in [0.3, 0.4) is 0 Å². The zero-order chi connectivity index (χ0) is 16.1. The van der Waals surface area contributed by atoms with Crippen LogP contribution in [0.15, 0.2) is 53.4 Å². The van der Waals surface area contributed by atoms with Crippen molar-refractivity contribution >= 4 is 29.0 Å². The molecular formula is C16H16F2N2OS. The van der Waals surface area contributed by atoms with Crippen molar-refractivity contribution in [2.45, 2.75) is 10.7 Å². The Hall–Kier alpha value is -2.08. The molecule has 0 bridgehead atoms. The fourth-order valence-electron chi connectivity index (χ4n) is 1.89. The number of alkyl halides is 2. The van der Waals surface area contributed by atoms with Crippen molar-refractivity contribution in [1.82, 2.24) is 4.90 Å². The summed E-state index contributed by atoms with van der Waals surface area (Å²) < 4.78 is 24.6. The maximum Gasteiger partial charge on any atom is 0.288 e. The number of carbonyl (C=O) groups is 1. The highest BCUT2D eigenvalue weighted by Crippen LogP contribution is 2.28. The number of nitrogens with one attached hydrogen (secondary N) is 1. The molecule has 0 fully saturated rings. The second-order valence-corrected chi connectivity index (χ2v) is 5.84. The van der Waals surface area contributed by atoms with Crippen molar-refractivity contribution in [3.05, 3.63) is 54.1 Å². The van der Waals surface area contributed by atoms with E-state index < -0.39 is 5.76 Å². The van der Waals surface area contributed by atoms with E-state index in [2.05, 4.69) is 5.32 Å². The van der Waals surface area contributed by atoms with Gasteiger partial charge in [0.15, 0.2) is 0 Å². The smallest absolute Gasteiger partial charge is 0.288 e. The molecule has 0 aliphatic heterocycles. The molecule has 0 heterocycles. The summed E-state index contributed by atoms with van der Waals surface area (Å²) in [6, 6.07) is 13.8. The lowest BCUT2D eigenvalue weighted by atomic mass is 10.1. The summed E-state index contributed by atoms with van der Waals surface area (Å²) in [6.45, 7) is 0. The lowest BCUT2D eigenvalue weighted by Gasteiger charge is -2.15. The molecule has 0 spiro atoms. The molecule has 2 aromatic rings. The number of hydrogen-bond acceptors (Lipinski definition) is 3. The van der Waals surface area contributed by atoms with E-state index >= 15 is 0 Å². The molecule has 0 aliphatic rings. The Kier molecular flexibility index (Phi) is 5.38. The van der Waals surface area contributed by atoms with Gasteiger partial charge in [0.25, 0.3) is 11.7 Å². The van der Waals surface area contributed by atoms with Gasteiger partial charge in [-0.25, -0.2) is 0 Å². The van der Waals surface area contributed by atoms with Crippen molar-refractivity contribution in [2.75, 3.05) is 19.4 Å². The molecule has 22 heavy (non-hydrogen) atoms. The molecule has 2 rings (SSSR count). The minimum absolute atomic E-state index is 0.104. The number of amides is 1. The van der Waals surface area contributed by atoms with Crippen molar-refractivity contribution in [3.8, 4) is 0 Å². The van der Waals surface area contributed by atoms with Crippen LogP contribution < -0.4 is 5.32 Å². The third-order valence-corrected chi connectivity index (χ3v) is 3.64. The number of thioether (sulfide) groups is 1. The van der Waals surface area contributed by atoms with Crippen LogP contribution in [0.4, 0.5) is 20.2 Å². The monoisotopic (exact) mass is 322 g/mol. The summed E-state index contributed by atoms with van der Waals surface area (Å²) in [7, 11) is 3.38. The standard InChI is InChI=1S/C16H16F2N2OS/c1-20(2)15(21)13-5-3-4-6-14(13)19-11-7-9-12(10-8-11)22-16(17)18/h3-10,16,19H,1-2H3. The number of carbonyl (C=O) groups excluding carboxylic acids is 1. The predicted octanol–water partition coefficient (Wildman–Crippen LogP) is 4.45. The molecule has 0 unspecified atom stereocenters. The van der Waals surface area contributed by atoms with E-state index in [0.717, 1.165) is 5.69 Å². The largest absolute Gasteiger partial charge is 0.355 e. The van der Waals surface area contributed by atoms with E-state index in [1.165, 1.54) is 4.90 Å². The zero-order valence-corrected chi connectivity index (χ0v) is 13.0. The Balaban J connectivity index is 2.19. The zero-order valence-electron chi connectivity index (χ0n) is 12.2. The first-order chi connectivity index (χ1) is 10.5. The maximum atomic E-state index is 12.3. The number of halogens is 2. The summed E-state index contributed by atoms with van der Waals surface area (Å²) in [4.78, 5) is 14.1. The Morgan fingerprint density at radius 3 is 2.32 bits per heavy atom. The van der Waals surface area contributed by atoms with Gasteiger partial charge in [0.05, 0.1) is 11.3 Å². The van der Waals surface area contributed by atoms with Crippen molar-refractivity contribution in [3.63, 3.8) is 0 Å². The summed E-state index contributed by atoms with van der Waals surface area (Å²) >= 11 is 0.503. The average molecular weight is 322 g/mol. The fourth-order valence-corrected chi connectivity index (χ4v) is 2.39. The Bertz CT molecular complexity index is 645. The normalized spacial score (nSPS) is 10.6. The Morgan fingerprint density at radius 2 is 1.73 bits per heavy atom. The molecule has 2 aromatic carbocycles. The van der Waals surface area contributed by atoms with Gasteiger partial charge in [-0.2, -0.15) is 8.78 Å². The van der Waals surface area contributed by atoms with Gasteiger partial charge in [-0.3, -0.25) is 4.79 Å². The van der Waals surface area contributed by atoms with E-state index in [1.54, 1.807) is 56.6 Å². The SMILES string of the molecule is CN(C)C(=O)c1ccccc1Nc1ccc(SC(F)F)cc1. The van der Waals surface area contributed by atoms with Crippen LogP contribution in [-0.4, -0.2) is 30.7 Å². The molecule has 0 aliphatic carbocycles. The highest BCUT2D eigenvalue weighted by molar-refractivity contribution is 7.99. The van der Waals surface area contributed by atoms with Gasteiger partial charge < -0.3 is 10.2 Å². The topological polar surface area (TPSA) is 32.3 Å². The van der Waals surface area contributed by atoms with Gasteiger partial charge >= 0.3 is 0 Å². The van der Waals surface area contributed by atoms with Crippen LogP contribution in [0, 0.1) is 0 Å². The Morgan fingerprint density at radius 1 is 1.09 bits per heavy atom. The highest BCUT2D eigenvalue weighted by atomic mass is 32.2. The molecule has 3 nitrogen and oxygen atoms in total. The number of para-hydroxylation sites is 1. The predicted molar refractivity (Wildman–Crippen MR) is 86.0 cm³/mol. The molecule has 0 atom stereocenters. The molecule has 1 N–H and O–H groups in total. The van der Waals surface area contributed by atoms with Gasteiger partial charge in [-0.1, -0.05) is 23.9 Å². The number of hydrogen-bond donors (Lipinski definition) is 1. The van der Waals surface area contributed by atoms with Crippen molar-refractivity contribution in [2.24, 2.45) is 0 Å². The van der Waals surface area contributed by atoms with E-state index in [1.807, 2.05) is 6.07 Å². The molecule has 116 valence electrons. The van der Waals surface area contributed by atoms with Crippen molar-refractivity contribution in [1.29, 1.82) is 0 Å².